The Labute approximate surface area is 180 Å². The third-order valence-corrected chi connectivity index (χ3v) is 5.77. The first kappa shape index (κ1) is 20.5. The molecule has 0 N–H and O–H groups in total. The van der Waals surface area contributed by atoms with Gasteiger partial charge in [0.15, 0.2) is 5.69 Å². The van der Waals surface area contributed by atoms with Crippen molar-refractivity contribution in [1.29, 1.82) is 0 Å². The number of carbonyl (C=O) groups excluding carboxylic acids is 1. The van der Waals surface area contributed by atoms with Crippen molar-refractivity contribution < 1.29 is 22.7 Å². The van der Waals surface area contributed by atoms with Gasteiger partial charge in [0.2, 0.25) is 5.88 Å². The van der Waals surface area contributed by atoms with Crippen LogP contribution >= 0.6 is 0 Å². The van der Waals surface area contributed by atoms with Gasteiger partial charge in [-0.05, 0) is 25.0 Å². The molecule has 2 aromatic heterocycles. The fourth-order valence-corrected chi connectivity index (χ4v) is 4.37. The maximum Gasteiger partial charge on any atom is 0.406 e. The second-order valence-electron chi connectivity index (χ2n) is 7.94. The zero-order valence-electron chi connectivity index (χ0n) is 17.0. The monoisotopic (exact) mass is 447 g/mol. The van der Waals surface area contributed by atoms with Crippen LogP contribution in [0.1, 0.15) is 41.6 Å². The zero-order chi connectivity index (χ0) is 22.5. The molecule has 11 heteroatoms. The minimum atomic E-state index is -4.61. The van der Waals surface area contributed by atoms with Crippen LogP contribution < -0.4 is 10.3 Å². The number of hydrogen-bond acceptors (Lipinski definition) is 5. The van der Waals surface area contributed by atoms with Crippen molar-refractivity contribution in [2.75, 3.05) is 13.2 Å². The van der Waals surface area contributed by atoms with Crippen molar-refractivity contribution in [3.05, 3.63) is 52.2 Å². The van der Waals surface area contributed by atoms with Gasteiger partial charge < -0.3 is 9.64 Å². The van der Waals surface area contributed by atoms with Gasteiger partial charge in [0.05, 0.1) is 23.6 Å². The van der Waals surface area contributed by atoms with Gasteiger partial charge >= 0.3 is 6.18 Å². The number of benzene rings is 1. The first-order valence-electron chi connectivity index (χ1n) is 10.4. The molecule has 1 aromatic carbocycles. The molecule has 4 heterocycles. The Kier molecular flexibility index (Phi) is 4.90. The summed E-state index contributed by atoms with van der Waals surface area (Å²) < 4.78 is 47.8. The second kappa shape index (κ2) is 7.64. The highest BCUT2D eigenvalue weighted by Crippen LogP contribution is 2.34. The number of hydrogen-bond donors (Lipinski definition) is 0. The fourth-order valence-electron chi connectivity index (χ4n) is 4.37. The lowest BCUT2D eigenvalue weighted by atomic mass is 10.1. The number of para-hydroxylation sites is 1. The molecule has 1 saturated heterocycles. The highest BCUT2D eigenvalue weighted by Gasteiger charge is 2.38. The Hall–Kier alpha value is -3.37. The minimum absolute atomic E-state index is 0.0582. The smallest absolute Gasteiger partial charge is 0.406 e. The van der Waals surface area contributed by atoms with Crippen molar-refractivity contribution >= 4 is 16.8 Å². The Morgan fingerprint density at radius 1 is 1.19 bits per heavy atom. The molecule has 1 amide bonds. The van der Waals surface area contributed by atoms with Crippen molar-refractivity contribution in [1.82, 2.24) is 24.2 Å². The van der Waals surface area contributed by atoms with Crippen molar-refractivity contribution in [2.24, 2.45) is 0 Å². The SMILES string of the molecule is O=C(c1cc2n(n1)CCCO2)N1CCCC1c1nc2ccccc2c(=O)n1CC(F)(F)F. The van der Waals surface area contributed by atoms with Gasteiger partial charge in [-0.2, -0.15) is 18.3 Å². The number of alkyl halides is 3. The van der Waals surface area contributed by atoms with Crippen molar-refractivity contribution in [3.63, 3.8) is 0 Å². The largest absolute Gasteiger partial charge is 0.478 e. The van der Waals surface area contributed by atoms with Crippen molar-refractivity contribution in [2.45, 2.75) is 44.6 Å². The molecule has 0 radical (unpaired) electrons. The Morgan fingerprint density at radius 3 is 2.78 bits per heavy atom. The van der Waals surface area contributed by atoms with E-state index in [-0.39, 0.29) is 16.9 Å². The number of ether oxygens (including phenoxy) is 1. The molecule has 0 aliphatic carbocycles. The predicted octanol–water partition coefficient (Wildman–Crippen LogP) is 2.92. The Bertz CT molecular complexity index is 1230. The first-order chi connectivity index (χ1) is 15.3. The van der Waals surface area contributed by atoms with Gasteiger partial charge in [0.1, 0.15) is 12.4 Å². The molecule has 8 nitrogen and oxygen atoms in total. The second-order valence-corrected chi connectivity index (χ2v) is 7.94. The number of fused-ring (bicyclic) bond motifs is 2. The molecular formula is C21H20F3N5O3. The van der Waals surface area contributed by atoms with E-state index in [1.54, 1.807) is 28.9 Å². The summed E-state index contributed by atoms with van der Waals surface area (Å²) in [5.74, 6) is 0.0178. The first-order valence-corrected chi connectivity index (χ1v) is 10.4. The van der Waals surface area contributed by atoms with Crippen LogP contribution in [-0.4, -0.2) is 49.5 Å². The van der Waals surface area contributed by atoms with E-state index in [0.29, 0.717) is 48.5 Å². The molecule has 32 heavy (non-hydrogen) atoms. The van der Waals surface area contributed by atoms with Gasteiger partial charge in [0, 0.05) is 25.6 Å². The topological polar surface area (TPSA) is 82.2 Å². The third kappa shape index (κ3) is 3.61. The van der Waals surface area contributed by atoms with Gasteiger partial charge in [-0.1, -0.05) is 12.1 Å². The number of nitrogens with zero attached hydrogens (tertiary/aromatic N) is 5. The lowest BCUT2D eigenvalue weighted by molar-refractivity contribution is -0.141. The highest BCUT2D eigenvalue weighted by atomic mass is 19.4. The molecule has 2 aliphatic rings. The number of aromatic nitrogens is 4. The summed E-state index contributed by atoms with van der Waals surface area (Å²) in [5.41, 5.74) is -0.302. The van der Waals surface area contributed by atoms with Gasteiger partial charge in [-0.25, -0.2) is 9.67 Å². The van der Waals surface area contributed by atoms with Crippen LogP contribution in [0.25, 0.3) is 10.9 Å². The molecule has 2 aliphatic heterocycles. The summed E-state index contributed by atoms with van der Waals surface area (Å²) in [6.45, 7) is 0.0329. The Balaban J connectivity index is 1.57. The zero-order valence-corrected chi connectivity index (χ0v) is 17.0. The molecule has 0 saturated carbocycles. The van der Waals surface area contributed by atoms with Gasteiger partial charge in [0.25, 0.3) is 11.5 Å². The summed E-state index contributed by atoms with van der Waals surface area (Å²) in [5, 5.41) is 4.41. The molecule has 3 aromatic rings. The minimum Gasteiger partial charge on any atom is -0.478 e. The molecule has 1 unspecified atom stereocenters. The van der Waals surface area contributed by atoms with E-state index in [9.17, 15) is 22.8 Å². The molecule has 5 rings (SSSR count). The molecule has 168 valence electrons. The van der Waals surface area contributed by atoms with Crippen LogP contribution in [-0.2, 0) is 13.1 Å². The highest BCUT2D eigenvalue weighted by molar-refractivity contribution is 5.93. The molecule has 1 fully saturated rings. The number of likely N-dealkylation sites (tertiary alicyclic amines) is 1. The number of rotatable bonds is 3. The van der Waals surface area contributed by atoms with Crippen LogP contribution in [0, 0.1) is 0 Å². The summed E-state index contributed by atoms with van der Waals surface area (Å²) in [6.07, 6.45) is -2.86. The molecule has 0 bridgehead atoms. The van der Waals surface area contributed by atoms with Crippen molar-refractivity contribution in [3.8, 4) is 5.88 Å². The third-order valence-electron chi connectivity index (χ3n) is 5.77. The van der Waals surface area contributed by atoms with E-state index in [0.717, 1.165) is 6.42 Å². The predicted molar refractivity (Wildman–Crippen MR) is 107 cm³/mol. The lowest BCUT2D eigenvalue weighted by Gasteiger charge is -2.26. The average Bonchev–Trinajstić information content (AvgIpc) is 3.41. The maximum atomic E-state index is 13.3. The number of carbonyl (C=O) groups is 1. The molecule has 0 spiro atoms. The van der Waals surface area contributed by atoms with E-state index in [2.05, 4.69) is 10.1 Å². The summed E-state index contributed by atoms with van der Waals surface area (Å²) in [7, 11) is 0. The Morgan fingerprint density at radius 2 is 2.00 bits per heavy atom. The van der Waals surface area contributed by atoms with E-state index >= 15 is 0 Å². The van der Waals surface area contributed by atoms with E-state index in [1.807, 2.05) is 0 Å². The summed E-state index contributed by atoms with van der Waals surface area (Å²) >= 11 is 0. The number of halogens is 3. The normalized spacial score (nSPS) is 18.6. The maximum absolute atomic E-state index is 13.3. The number of amides is 1. The van der Waals surface area contributed by atoms with Crippen LogP contribution in [0.2, 0.25) is 0 Å². The van der Waals surface area contributed by atoms with E-state index in [4.69, 9.17) is 4.74 Å². The van der Waals surface area contributed by atoms with Crippen LogP contribution in [0.5, 0.6) is 5.88 Å². The average molecular weight is 447 g/mol. The summed E-state index contributed by atoms with van der Waals surface area (Å²) in [4.78, 5) is 32.1. The molecular weight excluding hydrogens is 427 g/mol. The van der Waals surface area contributed by atoms with Crippen LogP contribution in [0.15, 0.2) is 35.1 Å². The number of aryl methyl sites for hydroxylation is 1. The standard InChI is InChI=1S/C21H20F3N5O3/c22-21(23,24)12-28-18(25-14-6-2-1-5-13(14)19(28)30)16-7-3-8-27(16)20(31)15-11-17-29(26-15)9-4-10-32-17/h1-2,5-6,11,16H,3-4,7-10,12H2. The lowest BCUT2D eigenvalue weighted by Crippen LogP contribution is -2.38. The summed E-state index contributed by atoms with van der Waals surface area (Å²) in [6, 6.07) is 7.07. The molecule has 1 atom stereocenters. The van der Waals surface area contributed by atoms with E-state index < -0.39 is 30.2 Å². The fraction of sp³-hybridized carbons (Fsp3) is 0.429. The van der Waals surface area contributed by atoms with Crippen LogP contribution in [0.3, 0.4) is 0 Å². The van der Waals surface area contributed by atoms with Gasteiger partial charge in [-0.3, -0.25) is 14.2 Å². The quantitative estimate of drug-likeness (QED) is 0.617. The van der Waals surface area contributed by atoms with Gasteiger partial charge in [-0.15, -0.1) is 0 Å². The van der Waals surface area contributed by atoms with Crippen LogP contribution in [0.4, 0.5) is 13.2 Å². The van der Waals surface area contributed by atoms with E-state index in [1.165, 1.54) is 11.0 Å².